The normalized spacial score (nSPS) is 14.1. The molecule has 0 aliphatic heterocycles. The van der Waals surface area contributed by atoms with Crippen LogP contribution < -0.4 is 9.62 Å². The first-order valence-corrected chi connectivity index (χ1v) is 13.8. The van der Waals surface area contributed by atoms with Crippen molar-refractivity contribution in [2.75, 3.05) is 10.6 Å². The zero-order chi connectivity index (χ0) is 25.0. The highest BCUT2D eigenvalue weighted by Gasteiger charge is 2.20. The summed E-state index contributed by atoms with van der Waals surface area (Å²) in [6, 6.07) is 18.7. The first kappa shape index (κ1) is 24.9. The topological polar surface area (TPSA) is 66.5 Å². The Hall–Kier alpha value is -3.19. The molecule has 7 heteroatoms. The van der Waals surface area contributed by atoms with E-state index >= 15 is 0 Å². The van der Waals surface area contributed by atoms with Gasteiger partial charge in [0, 0.05) is 5.56 Å². The molecule has 0 spiro atoms. The monoisotopic (exact) mass is 494 g/mol. The van der Waals surface area contributed by atoms with E-state index in [2.05, 4.69) is 23.5 Å². The zero-order valence-electron chi connectivity index (χ0n) is 20.1. The van der Waals surface area contributed by atoms with E-state index in [0.29, 0.717) is 16.8 Å². The fourth-order valence-electron chi connectivity index (χ4n) is 4.57. The second-order valence-corrected chi connectivity index (χ2v) is 11.0. The standard InChI is InChI=1S/C28H31FN2O3S/c1-3-27(24-11-10-21-6-4-5-7-23(21)18-24)30-28(32)22-12-16-26(17-13-22)31(35(2,33)34)19-20-8-14-25(29)15-9-20/h8-18,27H,3-7,19H2,1-2H3,(H,30,32)/t27-/m0/s1. The van der Waals surface area contributed by atoms with Crippen molar-refractivity contribution in [2.24, 2.45) is 0 Å². The van der Waals surface area contributed by atoms with E-state index in [1.807, 2.05) is 6.92 Å². The molecule has 0 fully saturated rings. The maximum Gasteiger partial charge on any atom is 0.251 e. The molecule has 184 valence electrons. The lowest BCUT2D eigenvalue weighted by Crippen LogP contribution is -2.30. The molecule has 1 atom stereocenters. The molecule has 0 heterocycles. The van der Waals surface area contributed by atoms with Gasteiger partial charge in [-0.2, -0.15) is 0 Å². The molecule has 1 aliphatic rings. The SMILES string of the molecule is CC[C@H](NC(=O)c1ccc(N(Cc2ccc(F)cc2)S(C)(=O)=O)cc1)c1ccc2c(c1)CCCC2. The van der Waals surface area contributed by atoms with Gasteiger partial charge in [0.25, 0.3) is 5.91 Å². The molecular formula is C28H31FN2O3S. The van der Waals surface area contributed by atoms with Gasteiger partial charge in [-0.05, 0) is 90.8 Å². The number of carbonyl (C=O) groups excluding carboxylic acids is 1. The van der Waals surface area contributed by atoms with Crippen LogP contribution in [0.3, 0.4) is 0 Å². The Bertz CT molecular complexity index is 1290. The number of hydrogen-bond acceptors (Lipinski definition) is 3. The predicted octanol–water partition coefficient (Wildman–Crippen LogP) is 5.55. The maximum absolute atomic E-state index is 13.2. The summed E-state index contributed by atoms with van der Waals surface area (Å²) in [7, 11) is -3.59. The first-order chi connectivity index (χ1) is 16.7. The van der Waals surface area contributed by atoms with Crippen LogP contribution in [0, 0.1) is 5.82 Å². The molecular weight excluding hydrogens is 463 g/mol. The number of aryl methyl sites for hydroxylation is 2. The smallest absolute Gasteiger partial charge is 0.251 e. The van der Waals surface area contributed by atoms with Crippen molar-refractivity contribution in [1.29, 1.82) is 0 Å². The van der Waals surface area contributed by atoms with E-state index in [4.69, 9.17) is 0 Å². The lowest BCUT2D eigenvalue weighted by atomic mass is 9.88. The number of rotatable bonds is 8. The van der Waals surface area contributed by atoms with Crippen LogP contribution in [-0.2, 0) is 29.4 Å². The molecule has 0 bridgehead atoms. The molecule has 0 saturated heterocycles. The van der Waals surface area contributed by atoms with E-state index in [0.717, 1.165) is 31.1 Å². The van der Waals surface area contributed by atoms with E-state index in [1.165, 1.54) is 40.4 Å². The van der Waals surface area contributed by atoms with Crippen LogP contribution in [0.5, 0.6) is 0 Å². The quantitative estimate of drug-likeness (QED) is 0.446. The van der Waals surface area contributed by atoms with Crippen molar-refractivity contribution in [2.45, 2.75) is 51.6 Å². The Morgan fingerprint density at radius 2 is 1.63 bits per heavy atom. The number of nitrogens with zero attached hydrogens (tertiary/aromatic N) is 1. The minimum atomic E-state index is -3.59. The van der Waals surface area contributed by atoms with Crippen molar-refractivity contribution >= 4 is 21.6 Å². The number of amides is 1. The minimum Gasteiger partial charge on any atom is -0.345 e. The molecule has 3 aromatic carbocycles. The lowest BCUT2D eigenvalue weighted by Gasteiger charge is -2.23. The molecule has 0 aromatic heterocycles. The summed E-state index contributed by atoms with van der Waals surface area (Å²) < 4.78 is 39.3. The third kappa shape index (κ3) is 6.09. The van der Waals surface area contributed by atoms with Gasteiger partial charge in [-0.25, -0.2) is 12.8 Å². The molecule has 1 amide bonds. The first-order valence-electron chi connectivity index (χ1n) is 12.0. The highest BCUT2D eigenvalue weighted by atomic mass is 32.2. The van der Waals surface area contributed by atoms with Gasteiger partial charge in [-0.3, -0.25) is 9.10 Å². The Balaban J connectivity index is 1.49. The van der Waals surface area contributed by atoms with Gasteiger partial charge in [0.2, 0.25) is 10.0 Å². The summed E-state index contributed by atoms with van der Waals surface area (Å²) in [5, 5.41) is 3.12. The van der Waals surface area contributed by atoms with Crippen molar-refractivity contribution < 1.29 is 17.6 Å². The number of hydrogen-bond donors (Lipinski definition) is 1. The average Bonchev–Trinajstić information content (AvgIpc) is 2.86. The van der Waals surface area contributed by atoms with Gasteiger partial charge in [0.05, 0.1) is 24.5 Å². The number of halogens is 1. The molecule has 1 aliphatic carbocycles. The summed E-state index contributed by atoms with van der Waals surface area (Å²) in [6.45, 7) is 2.12. The second-order valence-electron chi connectivity index (χ2n) is 9.11. The van der Waals surface area contributed by atoms with Gasteiger partial charge in [0.15, 0.2) is 0 Å². The minimum absolute atomic E-state index is 0.0703. The molecule has 4 rings (SSSR count). The maximum atomic E-state index is 13.2. The van der Waals surface area contributed by atoms with Crippen LogP contribution in [0.1, 0.15) is 64.8 Å². The van der Waals surface area contributed by atoms with E-state index < -0.39 is 10.0 Å². The number of fused-ring (bicyclic) bond motifs is 1. The van der Waals surface area contributed by atoms with Gasteiger partial charge in [-0.1, -0.05) is 37.3 Å². The van der Waals surface area contributed by atoms with E-state index in [-0.39, 0.29) is 24.3 Å². The van der Waals surface area contributed by atoms with Gasteiger partial charge in [-0.15, -0.1) is 0 Å². The molecule has 0 unspecified atom stereocenters. The van der Waals surface area contributed by atoms with Crippen molar-refractivity contribution in [3.63, 3.8) is 0 Å². The Kier molecular flexibility index (Phi) is 7.55. The third-order valence-corrected chi connectivity index (χ3v) is 7.69. The zero-order valence-corrected chi connectivity index (χ0v) is 20.9. The Morgan fingerprint density at radius 3 is 2.26 bits per heavy atom. The number of anilines is 1. The van der Waals surface area contributed by atoms with Gasteiger partial charge >= 0.3 is 0 Å². The highest BCUT2D eigenvalue weighted by molar-refractivity contribution is 7.92. The fraction of sp³-hybridized carbons (Fsp3) is 0.321. The lowest BCUT2D eigenvalue weighted by molar-refractivity contribution is 0.0935. The molecule has 0 saturated carbocycles. The number of benzene rings is 3. The molecule has 0 radical (unpaired) electrons. The molecule has 35 heavy (non-hydrogen) atoms. The second kappa shape index (κ2) is 10.6. The van der Waals surface area contributed by atoms with Crippen LogP contribution in [0.25, 0.3) is 0 Å². The van der Waals surface area contributed by atoms with Crippen molar-refractivity contribution in [3.05, 3.63) is 100 Å². The fourth-order valence-corrected chi connectivity index (χ4v) is 5.46. The molecule has 3 aromatic rings. The van der Waals surface area contributed by atoms with E-state index in [1.54, 1.807) is 36.4 Å². The van der Waals surface area contributed by atoms with Crippen LogP contribution in [0.15, 0.2) is 66.7 Å². The predicted molar refractivity (Wildman–Crippen MR) is 137 cm³/mol. The molecule has 5 nitrogen and oxygen atoms in total. The number of carbonyl (C=O) groups is 1. The van der Waals surface area contributed by atoms with Crippen LogP contribution in [-0.4, -0.2) is 20.6 Å². The van der Waals surface area contributed by atoms with Crippen LogP contribution in [0.2, 0.25) is 0 Å². The van der Waals surface area contributed by atoms with Crippen LogP contribution >= 0.6 is 0 Å². The van der Waals surface area contributed by atoms with Crippen LogP contribution in [0.4, 0.5) is 10.1 Å². The average molecular weight is 495 g/mol. The van der Waals surface area contributed by atoms with Crippen molar-refractivity contribution in [3.8, 4) is 0 Å². The Morgan fingerprint density at radius 1 is 0.971 bits per heavy atom. The summed E-state index contributed by atoms with van der Waals surface area (Å²) >= 11 is 0. The summed E-state index contributed by atoms with van der Waals surface area (Å²) in [4.78, 5) is 13.0. The third-order valence-electron chi connectivity index (χ3n) is 6.55. The summed E-state index contributed by atoms with van der Waals surface area (Å²) in [5.74, 6) is -0.582. The summed E-state index contributed by atoms with van der Waals surface area (Å²) in [5.41, 5.74) is 5.46. The number of nitrogens with one attached hydrogen (secondary N) is 1. The molecule has 1 N–H and O–H groups in total. The largest absolute Gasteiger partial charge is 0.345 e. The van der Waals surface area contributed by atoms with Gasteiger partial charge < -0.3 is 5.32 Å². The highest BCUT2D eigenvalue weighted by Crippen LogP contribution is 2.27. The Labute approximate surface area is 207 Å². The summed E-state index contributed by atoms with van der Waals surface area (Å²) in [6.07, 6.45) is 6.54. The van der Waals surface area contributed by atoms with Crippen molar-refractivity contribution in [1.82, 2.24) is 5.32 Å². The number of sulfonamides is 1. The van der Waals surface area contributed by atoms with Gasteiger partial charge in [0.1, 0.15) is 5.82 Å². The van der Waals surface area contributed by atoms with E-state index in [9.17, 15) is 17.6 Å².